The highest BCUT2D eigenvalue weighted by Gasteiger charge is 2.26. The van der Waals surface area contributed by atoms with Gasteiger partial charge in [0.2, 0.25) is 5.91 Å². The molecular formula is C39H77NO3. The Morgan fingerprint density at radius 1 is 0.442 bits per heavy atom. The van der Waals surface area contributed by atoms with E-state index in [1.54, 1.807) is 0 Å². The Kier molecular flexibility index (Phi) is 33.3. The average molecular weight is 608 g/mol. The molecule has 0 saturated heterocycles. The highest BCUT2D eigenvalue weighted by Crippen LogP contribution is 2.16. The summed E-state index contributed by atoms with van der Waals surface area (Å²) in [5, 5.41) is 13.7. The maximum atomic E-state index is 12.6. The number of aliphatic hydroxyl groups excluding tert-OH is 1. The van der Waals surface area contributed by atoms with Gasteiger partial charge >= 0.3 is 0 Å². The first-order chi connectivity index (χ1) is 21.1. The summed E-state index contributed by atoms with van der Waals surface area (Å²) in [7, 11) is 0. The summed E-state index contributed by atoms with van der Waals surface area (Å²) in [5.74, 6) is -0.116. The zero-order valence-corrected chi connectivity index (χ0v) is 29.5. The Labute approximate surface area is 269 Å². The third-order valence-electron chi connectivity index (χ3n) is 9.19. The normalized spacial score (nSPS) is 12.8. The van der Waals surface area contributed by atoms with Crippen molar-refractivity contribution in [3.8, 4) is 0 Å². The van der Waals surface area contributed by atoms with E-state index in [0.717, 1.165) is 32.1 Å². The van der Waals surface area contributed by atoms with Crippen molar-refractivity contribution >= 4 is 11.7 Å². The molecule has 0 spiro atoms. The van der Waals surface area contributed by atoms with Gasteiger partial charge in [-0.2, -0.15) is 0 Å². The minimum atomic E-state index is -1.07. The van der Waals surface area contributed by atoms with Crippen LogP contribution in [0.4, 0.5) is 0 Å². The topological polar surface area (TPSA) is 66.4 Å². The van der Waals surface area contributed by atoms with E-state index in [4.69, 9.17) is 0 Å². The van der Waals surface area contributed by atoms with Gasteiger partial charge in [-0.3, -0.25) is 9.59 Å². The van der Waals surface area contributed by atoms with Crippen LogP contribution in [0.25, 0.3) is 0 Å². The van der Waals surface area contributed by atoms with Gasteiger partial charge in [0.25, 0.3) is 0 Å². The quantitative estimate of drug-likeness (QED) is 0.0704. The highest BCUT2D eigenvalue weighted by molar-refractivity contribution is 5.85. The number of hydrogen-bond donors (Lipinski definition) is 2. The summed E-state index contributed by atoms with van der Waals surface area (Å²) in [6.07, 6.45) is 37.6. The molecule has 43 heavy (non-hydrogen) atoms. The third-order valence-corrected chi connectivity index (χ3v) is 9.19. The zero-order chi connectivity index (χ0) is 31.6. The van der Waals surface area contributed by atoms with Gasteiger partial charge in [0.15, 0.2) is 5.78 Å². The number of unbranched alkanes of at least 4 members (excludes halogenated alkanes) is 26. The van der Waals surface area contributed by atoms with Crippen LogP contribution in [0.1, 0.15) is 226 Å². The smallest absolute Gasteiger partial charge is 0.220 e. The Hall–Kier alpha value is -0.900. The number of ketones is 1. The molecule has 4 heteroatoms. The highest BCUT2D eigenvalue weighted by atomic mass is 16.3. The molecule has 0 fully saturated rings. The number of rotatable bonds is 35. The van der Waals surface area contributed by atoms with Crippen molar-refractivity contribution in [1.82, 2.24) is 5.32 Å². The van der Waals surface area contributed by atoms with Crippen LogP contribution in [0.5, 0.6) is 0 Å². The molecule has 2 atom stereocenters. The molecule has 0 bridgehead atoms. The molecular weight excluding hydrogens is 530 g/mol. The fourth-order valence-corrected chi connectivity index (χ4v) is 6.25. The molecule has 2 unspecified atom stereocenters. The minimum Gasteiger partial charge on any atom is -0.383 e. The third kappa shape index (κ3) is 29.6. The molecule has 0 aromatic rings. The Bertz CT molecular complexity index is 593. The fourth-order valence-electron chi connectivity index (χ4n) is 6.25. The molecule has 1 amide bonds. The molecule has 0 saturated carbocycles. The Morgan fingerprint density at radius 3 is 1.07 bits per heavy atom. The van der Waals surface area contributed by atoms with E-state index in [0.29, 0.717) is 19.3 Å². The van der Waals surface area contributed by atoms with Gasteiger partial charge in [0.1, 0.15) is 6.10 Å². The number of Topliss-reactive ketones (excluding diaryl/α,β-unsaturated/α-hetero) is 1. The van der Waals surface area contributed by atoms with Crippen molar-refractivity contribution in [2.24, 2.45) is 0 Å². The van der Waals surface area contributed by atoms with Crippen LogP contribution >= 0.6 is 0 Å². The predicted molar refractivity (Wildman–Crippen MR) is 188 cm³/mol. The van der Waals surface area contributed by atoms with E-state index in [9.17, 15) is 14.7 Å². The molecule has 0 aromatic heterocycles. The van der Waals surface area contributed by atoms with Gasteiger partial charge in [-0.15, -0.1) is 0 Å². The zero-order valence-electron chi connectivity index (χ0n) is 29.5. The summed E-state index contributed by atoms with van der Waals surface area (Å²) in [6, 6.07) is -0.441. The van der Waals surface area contributed by atoms with E-state index in [2.05, 4.69) is 19.2 Å². The predicted octanol–water partition coefficient (Wildman–Crippen LogP) is 11.9. The SMILES string of the molecule is CCCCCCCCCCCCCCCCCC(=O)NC(CCC)C(O)C(=O)CCCCCCCCCCCCCCC. The van der Waals surface area contributed by atoms with Crippen LogP contribution in [-0.4, -0.2) is 28.9 Å². The van der Waals surface area contributed by atoms with Crippen LogP contribution in [0.3, 0.4) is 0 Å². The van der Waals surface area contributed by atoms with E-state index in [1.165, 1.54) is 154 Å². The van der Waals surface area contributed by atoms with E-state index in [-0.39, 0.29) is 11.7 Å². The van der Waals surface area contributed by atoms with Crippen LogP contribution in [-0.2, 0) is 9.59 Å². The first-order valence-electron chi connectivity index (χ1n) is 19.6. The van der Waals surface area contributed by atoms with E-state index in [1.807, 2.05) is 6.92 Å². The molecule has 4 nitrogen and oxygen atoms in total. The number of amides is 1. The molecule has 0 rings (SSSR count). The summed E-state index contributed by atoms with van der Waals surface area (Å²) in [5.41, 5.74) is 0. The number of nitrogens with one attached hydrogen (secondary N) is 1. The monoisotopic (exact) mass is 608 g/mol. The van der Waals surface area contributed by atoms with Gasteiger partial charge in [0, 0.05) is 12.8 Å². The first-order valence-corrected chi connectivity index (χ1v) is 19.6. The molecule has 2 N–H and O–H groups in total. The van der Waals surface area contributed by atoms with Gasteiger partial charge in [-0.1, -0.05) is 194 Å². The average Bonchev–Trinajstić information content (AvgIpc) is 3.00. The van der Waals surface area contributed by atoms with Crippen molar-refractivity contribution in [2.75, 3.05) is 0 Å². The maximum absolute atomic E-state index is 12.6. The number of carbonyl (C=O) groups excluding carboxylic acids is 2. The number of aliphatic hydroxyl groups is 1. The van der Waals surface area contributed by atoms with Gasteiger partial charge in [0.05, 0.1) is 6.04 Å². The van der Waals surface area contributed by atoms with Crippen LogP contribution in [0.2, 0.25) is 0 Å². The standard InChI is InChI=1S/C39H77NO3/c1-4-7-9-11-13-15-17-19-20-22-24-26-28-30-32-35-38(42)40-36(33-6-3)39(43)37(41)34-31-29-27-25-23-21-18-16-14-12-10-8-5-2/h36,39,43H,4-35H2,1-3H3,(H,40,42). The molecule has 0 aliphatic heterocycles. The number of carbonyl (C=O) groups is 2. The molecule has 0 aromatic carbocycles. The summed E-state index contributed by atoms with van der Waals surface area (Å²) < 4.78 is 0. The largest absolute Gasteiger partial charge is 0.383 e. The van der Waals surface area contributed by atoms with Crippen LogP contribution in [0.15, 0.2) is 0 Å². The second-order valence-corrected chi connectivity index (χ2v) is 13.6. The van der Waals surface area contributed by atoms with Gasteiger partial charge < -0.3 is 10.4 Å². The molecule has 256 valence electrons. The lowest BCUT2D eigenvalue weighted by atomic mass is 9.97. The summed E-state index contributed by atoms with van der Waals surface area (Å²) >= 11 is 0. The van der Waals surface area contributed by atoms with Crippen molar-refractivity contribution in [2.45, 2.75) is 238 Å². The first kappa shape index (κ1) is 42.1. The van der Waals surface area contributed by atoms with Crippen molar-refractivity contribution in [3.63, 3.8) is 0 Å². The Balaban J connectivity index is 3.77. The maximum Gasteiger partial charge on any atom is 0.220 e. The van der Waals surface area contributed by atoms with Crippen molar-refractivity contribution in [3.05, 3.63) is 0 Å². The molecule has 0 aliphatic rings. The minimum absolute atomic E-state index is 0.0130. The number of hydrogen-bond acceptors (Lipinski definition) is 3. The van der Waals surface area contributed by atoms with Gasteiger partial charge in [-0.05, 0) is 19.3 Å². The summed E-state index contributed by atoms with van der Waals surface area (Å²) in [6.45, 7) is 6.58. The fraction of sp³-hybridized carbons (Fsp3) is 0.949. The lowest BCUT2D eigenvalue weighted by molar-refractivity contribution is -0.130. The molecule has 0 heterocycles. The second kappa shape index (κ2) is 34.0. The lowest BCUT2D eigenvalue weighted by Gasteiger charge is -2.23. The lowest BCUT2D eigenvalue weighted by Crippen LogP contribution is -2.46. The molecule has 0 radical (unpaired) electrons. The Morgan fingerprint density at radius 2 is 0.744 bits per heavy atom. The van der Waals surface area contributed by atoms with Crippen LogP contribution < -0.4 is 5.32 Å². The second-order valence-electron chi connectivity index (χ2n) is 13.6. The van der Waals surface area contributed by atoms with E-state index < -0.39 is 12.1 Å². The summed E-state index contributed by atoms with van der Waals surface area (Å²) in [4.78, 5) is 25.2. The van der Waals surface area contributed by atoms with Crippen molar-refractivity contribution < 1.29 is 14.7 Å². The van der Waals surface area contributed by atoms with E-state index >= 15 is 0 Å². The molecule has 0 aliphatic carbocycles. The van der Waals surface area contributed by atoms with Crippen molar-refractivity contribution in [1.29, 1.82) is 0 Å². The van der Waals surface area contributed by atoms with Crippen LogP contribution in [0, 0.1) is 0 Å². The van der Waals surface area contributed by atoms with Gasteiger partial charge in [-0.25, -0.2) is 0 Å².